The van der Waals surface area contributed by atoms with Gasteiger partial charge in [0.25, 0.3) is 0 Å². The van der Waals surface area contributed by atoms with Gasteiger partial charge in [-0.05, 0) is 45.0 Å². The first-order chi connectivity index (χ1) is 11.2. The van der Waals surface area contributed by atoms with E-state index >= 15 is 0 Å². The van der Waals surface area contributed by atoms with Gasteiger partial charge in [0, 0.05) is 25.4 Å². The van der Waals surface area contributed by atoms with Crippen LogP contribution in [0.5, 0.6) is 0 Å². The SMILES string of the molecule is CCN(CC)CCSC.CN.O=c1ccc2c(o1)C=CCC=C2.[HH]. The van der Waals surface area contributed by atoms with Crippen molar-refractivity contribution in [3.8, 4) is 0 Å². The lowest BCUT2D eigenvalue weighted by Crippen LogP contribution is -2.25. The van der Waals surface area contributed by atoms with E-state index in [1.807, 2.05) is 36.1 Å². The molecule has 1 aromatic heterocycles. The summed E-state index contributed by atoms with van der Waals surface area (Å²) in [4.78, 5) is 13.3. The van der Waals surface area contributed by atoms with E-state index in [0.717, 1.165) is 12.0 Å². The molecule has 4 nitrogen and oxygen atoms in total. The maximum Gasteiger partial charge on any atom is 0.336 e. The molecule has 0 fully saturated rings. The van der Waals surface area contributed by atoms with Gasteiger partial charge in [-0.15, -0.1) is 0 Å². The second kappa shape index (κ2) is 14.3. The predicted molar refractivity (Wildman–Crippen MR) is 106 cm³/mol. The Hall–Kier alpha value is -1.30. The lowest BCUT2D eigenvalue weighted by molar-refractivity contribution is 0.324. The third-order valence-electron chi connectivity index (χ3n) is 3.24. The molecule has 0 spiro atoms. The van der Waals surface area contributed by atoms with Crippen molar-refractivity contribution in [2.45, 2.75) is 20.3 Å². The van der Waals surface area contributed by atoms with Gasteiger partial charge in [0.15, 0.2) is 0 Å². The van der Waals surface area contributed by atoms with Crippen molar-refractivity contribution >= 4 is 23.9 Å². The van der Waals surface area contributed by atoms with Gasteiger partial charge in [-0.2, -0.15) is 11.8 Å². The molecular weight excluding hydrogens is 308 g/mol. The summed E-state index contributed by atoms with van der Waals surface area (Å²) in [5.74, 6) is 1.91. The minimum Gasteiger partial charge on any atom is -0.423 e. The summed E-state index contributed by atoms with van der Waals surface area (Å²) in [5.41, 5.74) is 5.16. The predicted octanol–water partition coefficient (Wildman–Crippen LogP) is 3.58. The van der Waals surface area contributed by atoms with E-state index < -0.39 is 0 Å². The molecule has 0 atom stereocenters. The van der Waals surface area contributed by atoms with Gasteiger partial charge in [0.1, 0.15) is 5.76 Å². The number of nitrogens with zero attached hydrogens (tertiary/aromatic N) is 1. The van der Waals surface area contributed by atoms with Crippen LogP contribution in [0.15, 0.2) is 33.5 Å². The normalized spacial score (nSPS) is 11.7. The third-order valence-corrected chi connectivity index (χ3v) is 3.83. The van der Waals surface area contributed by atoms with E-state index in [9.17, 15) is 4.79 Å². The summed E-state index contributed by atoms with van der Waals surface area (Å²) in [7, 11) is 1.50. The quantitative estimate of drug-likeness (QED) is 0.888. The van der Waals surface area contributed by atoms with Gasteiger partial charge in [-0.25, -0.2) is 4.79 Å². The first-order valence-electron chi connectivity index (χ1n) is 7.97. The molecule has 132 valence electrons. The standard InChI is InChI=1S/C10H8O2.C7H17NS.CH5N.H2/c11-10-7-6-8-4-2-1-3-5-9(8)12-10;1-4-8(5-2)6-7-9-3;1-2;/h2-7H,1H2;4-7H2,1-3H3;2H2,1H3;1H. The molecule has 0 radical (unpaired) electrons. The summed E-state index contributed by atoms with van der Waals surface area (Å²) in [6.45, 7) is 8.05. The molecule has 0 bridgehead atoms. The Bertz CT molecular complexity index is 526. The molecule has 0 saturated heterocycles. The number of allylic oxidation sites excluding steroid dienone is 2. The fraction of sp³-hybridized carbons (Fsp3) is 0.500. The van der Waals surface area contributed by atoms with Crippen molar-refractivity contribution in [3.05, 3.63) is 46.0 Å². The summed E-state index contributed by atoms with van der Waals surface area (Å²) in [5, 5.41) is 0. The van der Waals surface area contributed by atoms with E-state index in [1.165, 1.54) is 38.5 Å². The summed E-state index contributed by atoms with van der Waals surface area (Å²) >= 11 is 1.92. The van der Waals surface area contributed by atoms with E-state index in [2.05, 4.69) is 30.7 Å². The van der Waals surface area contributed by atoms with E-state index in [4.69, 9.17) is 4.42 Å². The maximum absolute atomic E-state index is 10.8. The molecule has 2 N–H and O–H groups in total. The molecule has 0 saturated carbocycles. The Kier molecular flexibility index (Phi) is 13.5. The van der Waals surface area contributed by atoms with Crippen LogP contribution in [0.2, 0.25) is 0 Å². The van der Waals surface area contributed by atoms with Crippen molar-refractivity contribution in [2.75, 3.05) is 38.7 Å². The number of nitrogens with two attached hydrogens (primary N) is 1. The second-order valence-corrected chi connectivity index (χ2v) is 5.62. The van der Waals surface area contributed by atoms with Crippen molar-refractivity contribution < 1.29 is 5.84 Å². The van der Waals surface area contributed by atoms with E-state index in [1.54, 1.807) is 6.07 Å². The Labute approximate surface area is 145 Å². The topological polar surface area (TPSA) is 59.5 Å². The third kappa shape index (κ3) is 9.43. The van der Waals surface area contributed by atoms with Gasteiger partial charge in [-0.1, -0.05) is 32.1 Å². The van der Waals surface area contributed by atoms with E-state index in [0.29, 0.717) is 5.76 Å². The average Bonchev–Trinajstić information content (AvgIpc) is 2.83. The Morgan fingerprint density at radius 2 is 1.87 bits per heavy atom. The van der Waals surface area contributed by atoms with Crippen LogP contribution in [0, 0.1) is 0 Å². The summed E-state index contributed by atoms with van der Waals surface area (Å²) < 4.78 is 4.99. The van der Waals surface area contributed by atoms with Crippen LogP contribution in [0.3, 0.4) is 0 Å². The van der Waals surface area contributed by atoms with Gasteiger partial charge in [0.05, 0.1) is 0 Å². The zero-order valence-corrected chi connectivity index (χ0v) is 15.6. The lowest BCUT2D eigenvalue weighted by atomic mass is 10.2. The molecule has 1 aromatic rings. The number of hydrogen-bond acceptors (Lipinski definition) is 5. The molecule has 0 aliphatic heterocycles. The van der Waals surface area contributed by atoms with Gasteiger partial charge >= 0.3 is 5.63 Å². The minimum atomic E-state index is -0.297. The number of hydrogen-bond donors (Lipinski definition) is 1. The highest BCUT2D eigenvalue weighted by molar-refractivity contribution is 7.98. The molecule has 0 amide bonds. The molecule has 1 aliphatic rings. The van der Waals surface area contributed by atoms with Crippen molar-refractivity contribution in [1.29, 1.82) is 0 Å². The number of thioether (sulfide) groups is 1. The first kappa shape index (κ1) is 21.7. The fourth-order valence-electron chi connectivity index (χ4n) is 1.92. The average molecular weight is 341 g/mol. The highest BCUT2D eigenvalue weighted by Crippen LogP contribution is 2.14. The second-order valence-electron chi connectivity index (χ2n) is 4.63. The lowest BCUT2D eigenvalue weighted by Gasteiger charge is -2.16. The highest BCUT2D eigenvalue weighted by atomic mass is 32.2. The van der Waals surface area contributed by atoms with Crippen molar-refractivity contribution in [3.63, 3.8) is 0 Å². The highest BCUT2D eigenvalue weighted by Gasteiger charge is 2.00. The fourth-order valence-corrected chi connectivity index (χ4v) is 2.36. The van der Waals surface area contributed by atoms with Gasteiger partial charge < -0.3 is 15.1 Å². The van der Waals surface area contributed by atoms with Crippen LogP contribution >= 0.6 is 11.8 Å². The van der Waals surface area contributed by atoms with Gasteiger partial charge in [0.2, 0.25) is 0 Å². The zero-order chi connectivity index (χ0) is 17.5. The van der Waals surface area contributed by atoms with Crippen LogP contribution in [-0.4, -0.2) is 43.6 Å². The van der Waals surface area contributed by atoms with Crippen molar-refractivity contribution in [2.24, 2.45) is 5.73 Å². The van der Waals surface area contributed by atoms with Crippen LogP contribution in [0.1, 0.15) is 33.0 Å². The molecule has 1 aliphatic carbocycles. The van der Waals surface area contributed by atoms with Crippen LogP contribution in [0.4, 0.5) is 0 Å². The Morgan fingerprint density at radius 3 is 2.48 bits per heavy atom. The molecule has 5 heteroatoms. The van der Waals surface area contributed by atoms with E-state index in [-0.39, 0.29) is 7.05 Å². The van der Waals surface area contributed by atoms with Crippen LogP contribution in [-0.2, 0) is 0 Å². The number of fused-ring (bicyclic) bond motifs is 1. The zero-order valence-electron chi connectivity index (χ0n) is 14.7. The number of rotatable bonds is 5. The molecule has 0 unspecified atom stereocenters. The van der Waals surface area contributed by atoms with Crippen LogP contribution in [0.25, 0.3) is 12.2 Å². The van der Waals surface area contributed by atoms with Crippen molar-refractivity contribution in [1.82, 2.24) is 4.90 Å². The first-order valence-corrected chi connectivity index (χ1v) is 9.36. The molecule has 1 heterocycles. The molecule has 23 heavy (non-hydrogen) atoms. The van der Waals surface area contributed by atoms with Gasteiger partial charge in [-0.3, -0.25) is 0 Å². The Morgan fingerprint density at radius 1 is 1.22 bits per heavy atom. The Balaban J connectivity index is 0. The summed E-state index contributed by atoms with van der Waals surface area (Å²) in [6.07, 6.45) is 10.8. The maximum atomic E-state index is 10.8. The molecular formula is C18H32N2O2S. The van der Waals surface area contributed by atoms with Crippen LogP contribution < -0.4 is 11.4 Å². The molecule has 2 rings (SSSR count). The monoisotopic (exact) mass is 340 g/mol. The minimum absolute atomic E-state index is 0. The smallest absolute Gasteiger partial charge is 0.336 e. The summed E-state index contributed by atoms with van der Waals surface area (Å²) in [6, 6.07) is 3.20. The molecule has 0 aromatic carbocycles. The largest absolute Gasteiger partial charge is 0.423 e.